The van der Waals surface area contributed by atoms with Crippen molar-refractivity contribution >= 4 is 5.84 Å². The standard InChI is InChI=1S/C13H18N2O4/c1-17-9-4-5-11(13(14)15-16)12(7-9)19-8-10-3-2-6-18-10/h4-5,7,10,16H,2-3,6,8H2,1H3,(H2,14,15). The van der Waals surface area contributed by atoms with Crippen LogP contribution in [-0.4, -0.2) is 37.5 Å². The summed E-state index contributed by atoms with van der Waals surface area (Å²) in [7, 11) is 1.57. The number of amidine groups is 1. The second-order valence-corrected chi connectivity index (χ2v) is 4.29. The minimum absolute atomic E-state index is 0.00462. The maximum absolute atomic E-state index is 8.77. The third-order valence-corrected chi connectivity index (χ3v) is 3.02. The highest BCUT2D eigenvalue weighted by molar-refractivity contribution is 5.99. The van der Waals surface area contributed by atoms with Crippen LogP contribution in [0, 0.1) is 0 Å². The fraction of sp³-hybridized carbons (Fsp3) is 0.462. The zero-order chi connectivity index (χ0) is 13.7. The predicted molar refractivity (Wildman–Crippen MR) is 70.0 cm³/mol. The lowest BCUT2D eigenvalue weighted by Gasteiger charge is -2.15. The molecule has 19 heavy (non-hydrogen) atoms. The van der Waals surface area contributed by atoms with Crippen molar-refractivity contribution in [1.29, 1.82) is 0 Å². The van der Waals surface area contributed by atoms with Crippen molar-refractivity contribution in [3.05, 3.63) is 23.8 Å². The molecule has 1 aromatic carbocycles. The third-order valence-electron chi connectivity index (χ3n) is 3.02. The van der Waals surface area contributed by atoms with Gasteiger partial charge in [-0.15, -0.1) is 0 Å². The van der Waals surface area contributed by atoms with Crippen LogP contribution < -0.4 is 15.2 Å². The summed E-state index contributed by atoms with van der Waals surface area (Å²) in [6, 6.07) is 5.13. The monoisotopic (exact) mass is 266 g/mol. The smallest absolute Gasteiger partial charge is 0.173 e. The third kappa shape index (κ3) is 3.29. The Balaban J connectivity index is 2.14. The lowest BCUT2D eigenvalue weighted by atomic mass is 10.1. The summed E-state index contributed by atoms with van der Waals surface area (Å²) in [5.41, 5.74) is 6.15. The van der Waals surface area contributed by atoms with E-state index in [9.17, 15) is 0 Å². The van der Waals surface area contributed by atoms with E-state index in [1.807, 2.05) is 0 Å². The van der Waals surface area contributed by atoms with Crippen LogP contribution in [-0.2, 0) is 4.74 Å². The molecule has 1 aliphatic rings. The van der Waals surface area contributed by atoms with Gasteiger partial charge >= 0.3 is 0 Å². The summed E-state index contributed by atoms with van der Waals surface area (Å²) in [5, 5.41) is 11.8. The molecule has 0 amide bonds. The van der Waals surface area contributed by atoms with Gasteiger partial charge in [0, 0.05) is 12.7 Å². The van der Waals surface area contributed by atoms with Crippen molar-refractivity contribution in [2.24, 2.45) is 10.9 Å². The fourth-order valence-electron chi connectivity index (χ4n) is 1.97. The Hall–Kier alpha value is -1.95. The Kier molecular flexibility index (Phi) is 4.46. The lowest BCUT2D eigenvalue weighted by Crippen LogP contribution is -2.19. The van der Waals surface area contributed by atoms with Crippen molar-refractivity contribution < 1.29 is 19.4 Å². The Labute approximate surface area is 111 Å². The van der Waals surface area contributed by atoms with Gasteiger partial charge in [0.25, 0.3) is 0 Å². The van der Waals surface area contributed by atoms with Crippen LogP contribution >= 0.6 is 0 Å². The van der Waals surface area contributed by atoms with Gasteiger partial charge in [0.15, 0.2) is 5.84 Å². The first kappa shape index (κ1) is 13.5. The van der Waals surface area contributed by atoms with Gasteiger partial charge < -0.3 is 25.2 Å². The topological polar surface area (TPSA) is 86.3 Å². The minimum Gasteiger partial charge on any atom is -0.497 e. The zero-order valence-electron chi connectivity index (χ0n) is 10.8. The van der Waals surface area contributed by atoms with Gasteiger partial charge in [0.1, 0.15) is 18.1 Å². The summed E-state index contributed by atoms with van der Waals surface area (Å²) in [5.74, 6) is 1.17. The van der Waals surface area contributed by atoms with E-state index in [0.29, 0.717) is 23.7 Å². The minimum atomic E-state index is 0.00462. The number of ether oxygens (including phenoxy) is 3. The Bertz CT molecular complexity index is 456. The maximum atomic E-state index is 8.77. The molecule has 0 aliphatic carbocycles. The maximum Gasteiger partial charge on any atom is 0.173 e. The zero-order valence-corrected chi connectivity index (χ0v) is 10.8. The van der Waals surface area contributed by atoms with Crippen LogP contribution in [0.5, 0.6) is 11.5 Å². The summed E-state index contributed by atoms with van der Waals surface area (Å²) in [4.78, 5) is 0. The summed E-state index contributed by atoms with van der Waals surface area (Å²) in [6.07, 6.45) is 2.15. The highest BCUT2D eigenvalue weighted by Gasteiger charge is 2.18. The number of hydrogen-bond donors (Lipinski definition) is 2. The highest BCUT2D eigenvalue weighted by Crippen LogP contribution is 2.25. The van der Waals surface area contributed by atoms with E-state index in [1.165, 1.54) is 0 Å². The molecule has 1 aromatic rings. The van der Waals surface area contributed by atoms with Crippen LogP contribution in [0.3, 0.4) is 0 Å². The molecule has 0 radical (unpaired) electrons. The molecule has 0 spiro atoms. The number of hydrogen-bond acceptors (Lipinski definition) is 5. The first-order valence-electron chi connectivity index (χ1n) is 6.15. The molecule has 1 unspecified atom stereocenters. The van der Waals surface area contributed by atoms with Crippen LogP contribution in [0.15, 0.2) is 23.4 Å². The summed E-state index contributed by atoms with van der Waals surface area (Å²) < 4.78 is 16.3. The number of rotatable bonds is 5. The average molecular weight is 266 g/mol. The van der Waals surface area contributed by atoms with E-state index in [-0.39, 0.29) is 11.9 Å². The van der Waals surface area contributed by atoms with E-state index in [1.54, 1.807) is 25.3 Å². The van der Waals surface area contributed by atoms with Crippen LogP contribution in [0.2, 0.25) is 0 Å². The summed E-state index contributed by atoms with van der Waals surface area (Å²) in [6.45, 7) is 1.22. The van der Waals surface area contributed by atoms with E-state index in [2.05, 4.69) is 5.16 Å². The SMILES string of the molecule is COc1ccc(/C(N)=N/O)c(OCC2CCCO2)c1. The van der Waals surface area contributed by atoms with Crippen LogP contribution in [0.1, 0.15) is 18.4 Å². The normalized spacial score (nSPS) is 19.4. The molecule has 6 heteroatoms. The molecular weight excluding hydrogens is 248 g/mol. The number of nitrogens with two attached hydrogens (primary N) is 1. The van der Waals surface area contributed by atoms with Gasteiger partial charge in [-0.1, -0.05) is 5.16 Å². The van der Waals surface area contributed by atoms with Crippen molar-refractivity contribution in [3.63, 3.8) is 0 Å². The van der Waals surface area contributed by atoms with Crippen LogP contribution in [0.25, 0.3) is 0 Å². The van der Waals surface area contributed by atoms with Crippen molar-refractivity contribution in [2.45, 2.75) is 18.9 Å². The molecule has 2 rings (SSSR count). The van der Waals surface area contributed by atoms with E-state index >= 15 is 0 Å². The van der Waals surface area contributed by atoms with Gasteiger partial charge in [-0.05, 0) is 25.0 Å². The highest BCUT2D eigenvalue weighted by atomic mass is 16.5. The molecule has 0 aromatic heterocycles. The van der Waals surface area contributed by atoms with Gasteiger partial charge in [0.05, 0.1) is 18.8 Å². The number of nitrogens with zero attached hydrogens (tertiary/aromatic N) is 1. The molecule has 1 saturated heterocycles. The van der Waals surface area contributed by atoms with Crippen molar-refractivity contribution in [1.82, 2.24) is 0 Å². The first-order chi connectivity index (χ1) is 9.24. The van der Waals surface area contributed by atoms with E-state index in [0.717, 1.165) is 19.4 Å². The lowest BCUT2D eigenvalue weighted by molar-refractivity contribution is 0.0678. The first-order valence-corrected chi connectivity index (χ1v) is 6.15. The number of methoxy groups -OCH3 is 1. The molecule has 1 atom stereocenters. The van der Waals surface area contributed by atoms with Gasteiger partial charge in [-0.2, -0.15) is 0 Å². The molecule has 1 aliphatic heterocycles. The molecule has 6 nitrogen and oxygen atoms in total. The molecular formula is C13H18N2O4. The van der Waals surface area contributed by atoms with Gasteiger partial charge in [-0.3, -0.25) is 0 Å². The number of oxime groups is 1. The summed E-state index contributed by atoms with van der Waals surface area (Å²) >= 11 is 0. The van der Waals surface area contributed by atoms with E-state index in [4.69, 9.17) is 25.2 Å². The molecule has 0 saturated carbocycles. The Morgan fingerprint density at radius 1 is 1.58 bits per heavy atom. The quantitative estimate of drug-likeness (QED) is 0.363. The van der Waals surface area contributed by atoms with Gasteiger partial charge in [0.2, 0.25) is 0 Å². The molecule has 104 valence electrons. The number of benzene rings is 1. The Morgan fingerprint density at radius 3 is 3.05 bits per heavy atom. The van der Waals surface area contributed by atoms with Crippen LogP contribution in [0.4, 0.5) is 0 Å². The second kappa shape index (κ2) is 6.29. The average Bonchev–Trinajstić information content (AvgIpc) is 2.97. The fourth-order valence-corrected chi connectivity index (χ4v) is 1.97. The molecule has 0 bridgehead atoms. The predicted octanol–water partition coefficient (Wildman–Crippen LogP) is 1.35. The Morgan fingerprint density at radius 2 is 2.42 bits per heavy atom. The van der Waals surface area contributed by atoms with Gasteiger partial charge in [-0.25, -0.2) is 0 Å². The second-order valence-electron chi connectivity index (χ2n) is 4.29. The van der Waals surface area contributed by atoms with E-state index < -0.39 is 0 Å². The van der Waals surface area contributed by atoms with Crippen molar-refractivity contribution in [3.8, 4) is 11.5 Å². The molecule has 3 N–H and O–H groups in total. The molecule has 1 fully saturated rings. The van der Waals surface area contributed by atoms with Crippen molar-refractivity contribution in [2.75, 3.05) is 20.3 Å². The largest absolute Gasteiger partial charge is 0.497 e. The molecule has 1 heterocycles.